The molecule has 37 heavy (non-hydrogen) atoms. The molecule has 2 aromatic heterocycles. The Hall–Kier alpha value is -3.97. The van der Waals surface area contributed by atoms with Crippen molar-refractivity contribution < 1.29 is 9.50 Å². The van der Waals surface area contributed by atoms with Crippen LogP contribution in [-0.4, -0.2) is 45.7 Å². The number of hydrogen-bond donors (Lipinski definition) is 1. The largest absolute Gasteiger partial charge is 0.507 e. The summed E-state index contributed by atoms with van der Waals surface area (Å²) in [5.74, 6) is -0.240. The number of benzene rings is 2. The zero-order valence-corrected chi connectivity index (χ0v) is 21.1. The summed E-state index contributed by atoms with van der Waals surface area (Å²) in [4.78, 5) is 22.6. The van der Waals surface area contributed by atoms with Crippen LogP contribution in [0.15, 0.2) is 83.9 Å². The van der Waals surface area contributed by atoms with Gasteiger partial charge >= 0.3 is 0 Å². The first-order valence-corrected chi connectivity index (χ1v) is 12.5. The molecule has 3 heterocycles. The van der Waals surface area contributed by atoms with Crippen LogP contribution in [0.1, 0.15) is 34.0 Å². The minimum Gasteiger partial charge on any atom is -0.507 e. The zero-order chi connectivity index (χ0) is 25.9. The van der Waals surface area contributed by atoms with Gasteiger partial charge in [-0.2, -0.15) is 0 Å². The number of halogens is 1. The summed E-state index contributed by atoms with van der Waals surface area (Å²) in [7, 11) is 0. The molecular formula is C30H31FN4O2. The molecule has 4 aromatic rings. The van der Waals surface area contributed by atoms with Gasteiger partial charge in [0.2, 0.25) is 0 Å². The number of hydrogen-bond acceptors (Lipinski definition) is 5. The van der Waals surface area contributed by atoms with Crippen LogP contribution in [0.4, 0.5) is 10.1 Å². The first-order chi connectivity index (χ1) is 17.9. The molecule has 0 spiro atoms. The Morgan fingerprint density at radius 2 is 1.68 bits per heavy atom. The standard InChI is InChI=1S/C30H31FN4O2/c1-21-5-7-24(8-6-21)29(34-16-14-33(15-17-34)26-11-9-25(31)10-12-26)28-27(36)18-22(2)35(30(28)37)20-23-4-3-13-32-19-23/h3-13,18-19,29,36H,14-17,20H2,1-2H3/t29-/m0/s1. The number of rotatable bonds is 6. The second-order valence-electron chi connectivity index (χ2n) is 9.65. The maximum absolute atomic E-state index is 14.0. The van der Waals surface area contributed by atoms with Gasteiger partial charge in [-0.1, -0.05) is 35.9 Å². The average Bonchev–Trinajstić information content (AvgIpc) is 2.91. The molecule has 190 valence electrons. The van der Waals surface area contributed by atoms with Crippen molar-refractivity contribution in [3.8, 4) is 5.75 Å². The van der Waals surface area contributed by atoms with Gasteiger partial charge in [-0.25, -0.2) is 4.39 Å². The molecule has 0 unspecified atom stereocenters. The number of nitrogens with zero attached hydrogens (tertiary/aromatic N) is 4. The SMILES string of the molecule is Cc1ccc([C@@H](c2c(O)cc(C)n(Cc3cccnc3)c2=O)N2CCN(c3ccc(F)cc3)CC2)cc1. The van der Waals surface area contributed by atoms with Crippen molar-refractivity contribution in [1.29, 1.82) is 0 Å². The van der Waals surface area contributed by atoms with Crippen LogP contribution >= 0.6 is 0 Å². The average molecular weight is 499 g/mol. The van der Waals surface area contributed by atoms with Gasteiger partial charge in [0.1, 0.15) is 11.6 Å². The van der Waals surface area contributed by atoms with E-state index >= 15 is 0 Å². The van der Waals surface area contributed by atoms with Gasteiger partial charge in [-0.15, -0.1) is 0 Å². The van der Waals surface area contributed by atoms with Crippen LogP contribution in [-0.2, 0) is 6.54 Å². The van der Waals surface area contributed by atoms with Gasteiger partial charge in [0.15, 0.2) is 0 Å². The lowest BCUT2D eigenvalue weighted by Gasteiger charge is -2.40. The molecule has 0 saturated carbocycles. The molecule has 1 aliphatic rings. The van der Waals surface area contributed by atoms with E-state index < -0.39 is 6.04 Å². The fourth-order valence-electron chi connectivity index (χ4n) is 5.10. The van der Waals surface area contributed by atoms with Crippen molar-refractivity contribution in [1.82, 2.24) is 14.5 Å². The molecule has 1 N–H and O–H groups in total. The fraction of sp³-hybridized carbons (Fsp3) is 0.267. The van der Waals surface area contributed by atoms with Crippen LogP contribution < -0.4 is 10.5 Å². The van der Waals surface area contributed by atoms with E-state index in [9.17, 15) is 14.3 Å². The third kappa shape index (κ3) is 5.27. The minimum atomic E-state index is -0.399. The number of anilines is 1. The lowest BCUT2D eigenvalue weighted by atomic mass is 9.95. The minimum absolute atomic E-state index is 0.0106. The molecule has 1 atom stereocenters. The summed E-state index contributed by atoms with van der Waals surface area (Å²) >= 11 is 0. The smallest absolute Gasteiger partial charge is 0.259 e. The number of piperazine rings is 1. The van der Waals surface area contributed by atoms with Crippen molar-refractivity contribution in [2.45, 2.75) is 26.4 Å². The Kier molecular flexibility index (Phi) is 7.06. The summed E-state index contributed by atoms with van der Waals surface area (Å²) in [6.07, 6.45) is 3.46. The molecule has 0 amide bonds. The van der Waals surface area contributed by atoms with Crippen molar-refractivity contribution in [2.24, 2.45) is 0 Å². The first kappa shape index (κ1) is 24.7. The molecule has 0 bridgehead atoms. The number of aromatic hydroxyl groups is 1. The van der Waals surface area contributed by atoms with Gasteiger partial charge in [0, 0.05) is 50.0 Å². The second kappa shape index (κ2) is 10.6. The molecule has 0 aliphatic carbocycles. The third-order valence-electron chi connectivity index (χ3n) is 7.12. The summed E-state index contributed by atoms with van der Waals surface area (Å²) in [5, 5.41) is 11.1. The monoisotopic (exact) mass is 498 g/mol. The Labute approximate surface area is 216 Å². The van der Waals surface area contributed by atoms with Crippen molar-refractivity contribution >= 4 is 5.69 Å². The normalized spacial score (nSPS) is 15.1. The second-order valence-corrected chi connectivity index (χ2v) is 9.65. The highest BCUT2D eigenvalue weighted by Gasteiger charge is 2.31. The number of pyridine rings is 2. The highest BCUT2D eigenvalue weighted by atomic mass is 19.1. The van der Waals surface area contributed by atoms with E-state index in [2.05, 4.69) is 14.8 Å². The molecule has 1 saturated heterocycles. The topological polar surface area (TPSA) is 61.6 Å². The van der Waals surface area contributed by atoms with E-state index in [1.54, 1.807) is 35.2 Å². The maximum Gasteiger partial charge on any atom is 0.259 e. The van der Waals surface area contributed by atoms with Crippen LogP contribution in [0.3, 0.4) is 0 Å². The number of aromatic nitrogens is 2. The molecular weight excluding hydrogens is 467 g/mol. The highest BCUT2D eigenvalue weighted by Crippen LogP contribution is 2.34. The zero-order valence-electron chi connectivity index (χ0n) is 21.1. The van der Waals surface area contributed by atoms with E-state index in [1.165, 1.54) is 12.1 Å². The van der Waals surface area contributed by atoms with E-state index in [-0.39, 0.29) is 17.1 Å². The molecule has 7 heteroatoms. The van der Waals surface area contributed by atoms with Crippen LogP contribution in [0.5, 0.6) is 5.75 Å². The van der Waals surface area contributed by atoms with E-state index in [4.69, 9.17) is 0 Å². The Bertz CT molecular complexity index is 1410. The molecule has 6 nitrogen and oxygen atoms in total. The van der Waals surface area contributed by atoms with Crippen LogP contribution in [0.2, 0.25) is 0 Å². The Morgan fingerprint density at radius 3 is 2.32 bits per heavy atom. The first-order valence-electron chi connectivity index (χ1n) is 12.5. The lowest BCUT2D eigenvalue weighted by Crippen LogP contribution is -2.49. The summed E-state index contributed by atoms with van der Waals surface area (Å²) in [5.41, 5.74) is 4.87. The predicted octanol–water partition coefficient (Wildman–Crippen LogP) is 4.66. The third-order valence-corrected chi connectivity index (χ3v) is 7.12. The summed E-state index contributed by atoms with van der Waals surface area (Å²) in [6, 6.07) is 19.8. The maximum atomic E-state index is 14.0. The predicted molar refractivity (Wildman–Crippen MR) is 144 cm³/mol. The highest BCUT2D eigenvalue weighted by molar-refractivity contribution is 5.47. The molecule has 1 aliphatic heterocycles. The lowest BCUT2D eigenvalue weighted by molar-refractivity contribution is 0.207. The van der Waals surface area contributed by atoms with Crippen molar-refractivity contribution in [3.05, 3.63) is 123 Å². The van der Waals surface area contributed by atoms with E-state index in [0.717, 1.165) is 35.5 Å². The Morgan fingerprint density at radius 1 is 0.973 bits per heavy atom. The molecule has 0 radical (unpaired) electrons. The molecule has 1 fully saturated rings. The van der Waals surface area contributed by atoms with Gasteiger partial charge in [0.05, 0.1) is 18.2 Å². The van der Waals surface area contributed by atoms with Crippen LogP contribution in [0, 0.1) is 19.7 Å². The van der Waals surface area contributed by atoms with Crippen molar-refractivity contribution in [2.75, 3.05) is 31.1 Å². The fourth-order valence-corrected chi connectivity index (χ4v) is 5.10. The number of aryl methyl sites for hydroxylation is 2. The summed E-state index contributed by atoms with van der Waals surface area (Å²) < 4.78 is 15.1. The molecule has 2 aromatic carbocycles. The Balaban J connectivity index is 1.52. The van der Waals surface area contributed by atoms with E-state index in [0.29, 0.717) is 30.9 Å². The molecule has 5 rings (SSSR count). The van der Waals surface area contributed by atoms with Crippen molar-refractivity contribution in [3.63, 3.8) is 0 Å². The van der Waals surface area contributed by atoms with Gasteiger partial charge < -0.3 is 14.6 Å². The van der Waals surface area contributed by atoms with Gasteiger partial charge in [-0.3, -0.25) is 14.7 Å². The van der Waals surface area contributed by atoms with Gasteiger partial charge in [-0.05, 0) is 61.4 Å². The van der Waals surface area contributed by atoms with Crippen LogP contribution in [0.25, 0.3) is 0 Å². The summed E-state index contributed by atoms with van der Waals surface area (Å²) in [6.45, 7) is 7.07. The van der Waals surface area contributed by atoms with Gasteiger partial charge in [0.25, 0.3) is 5.56 Å². The quantitative estimate of drug-likeness (QED) is 0.419. The van der Waals surface area contributed by atoms with E-state index in [1.807, 2.05) is 50.2 Å².